The van der Waals surface area contributed by atoms with Gasteiger partial charge in [0.1, 0.15) is 5.54 Å². The number of hydrogen-bond donors (Lipinski definition) is 2. The first-order valence-corrected chi connectivity index (χ1v) is 10.7. The third-order valence-electron chi connectivity index (χ3n) is 4.48. The Balaban J connectivity index is 2.54. The van der Waals surface area contributed by atoms with Gasteiger partial charge in [0.15, 0.2) is 5.11 Å². The second-order valence-corrected chi connectivity index (χ2v) is 8.26. The van der Waals surface area contributed by atoms with Gasteiger partial charge >= 0.3 is 10.5 Å². The lowest BCUT2D eigenvalue weighted by atomic mass is 9.87. The Hall–Kier alpha value is -1.49. The third kappa shape index (κ3) is 4.61. The number of nitrogens with one attached hydrogen (secondary N) is 2. The van der Waals surface area contributed by atoms with E-state index in [1.807, 2.05) is 24.8 Å². The molecule has 0 radical (unpaired) electrons. The van der Waals surface area contributed by atoms with Gasteiger partial charge in [0.2, 0.25) is 0 Å². The second-order valence-electron chi connectivity index (χ2n) is 6.01. The van der Waals surface area contributed by atoms with E-state index in [9.17, 15) is 13.2 Å². The average molecular weight is 415 g/mol. The second kappa shape index (κ2) is 8.94. The molecule has 2 N–H and O–H groups in total. The molecule has 142 valence electrons. The summed E-state index contributed by atoms with van der Waals surface area (Å²) < 4.78 is 25.7. The van der Waals surface area contributed by atoms with E-state index in [-0.39, 0.29) is 11.0 Å². The lowest BCUT2D eigenvalue weighted by Gasteiger charge is -2.42. The standard InChI is InChI=1S/C16H22N4O3S3/c1-11-4-5-12(10-13(11)19-26(22)23)16(2,14(21)18-15(24)17-3)20-6-8-25-9-7-20/h4-5,10H,6-9H2,1-3H3,(H2,17,18,21,24). The maximum atomic E-state index is 13.1. The molecule has 7 nitrogen and oxygen atoms in total. The predicted molar refractivity (Wildman–Crippen MR) is 108 cm³/mol. The van der Waals surface area contributed by atoms with Gasteiger partial charge in [-0.1, -0.05) is 12.1 Å². The molecular weight excluding hydrogens is 392 g/mol. The van der Waals surface area contributed by atoms with Gasteiger partial charge < -0.3 is 10.6 Å². The van der Waals surface area contributed by atoms with E-state index in [1.165, 1.54) is 0 Å². The first-order valence-electron chi connectivity index (χ1n) is 8.07. The van der Waals surface area contributed by atoms with Gasteiger partial charge in [-0.05, 0) is 43.3 Å². The van der Waals surface area contributed by atoms with Crippen LogP contribution in [0.3, 0.4) is 0 Å². The molecule has 26 heavy (non-hydrogen) atoms. The van der Waals surface area contributed by atoms with Crippen LogP contribution in [0.4, 0.5) is 5.69 Å². The van der Waals surface area contributed by atoms with E-state index in [1.54, 1.807) is 26.1 Å². The molecule has 1 aliphatic rings. The van der Waals surface area contributed by atoms with Crippen molar-refractivity contribution in [1.29, 1.82) is 0 Å². The van der Waals surface area contributed by atoms with Crippen LogP contribution in [0.2, 0.25) is 0 Å². The van der Waals surface area contributed by atoms with Crippen LogP contribution in [0.15, 0.2) is 22.6 Å². The van der Waals surface area contributed by atoms with Gasteiger partial charge in [-0.25, -0.2) is 0 Å². The van der Waals surface area contributed by atoms with Crippen LogP contribution in [0, 0.1) is 6.92 Å². The van der Waals surface area contributed by atoms with Crippen molar-refractivity contribution in [3.8, 4) is 0 Å². The topological polar surface area (TPSA) is 90.9 Å². The van der Waals surface area contributed by atoms with Crippen LogP contribution >= 0.6 is 24.0 Å². The molecule has 1 aromatic carbocycles. The largest absolute Gasteiger partial charge is 0.365 e. The van der Waals surface area contributed by atoms with E-state index in [2.05, 4.69) is 19.9 Å². The van der Waals surface area contributed by atoms with Crippen molar-refractivity contribution in [2.24, 2.45) is 4.36 Å². The minimum atomic E-state index is -2.56. The van der Waals surface area contributed by atoms with E-state index < -0.39 is 16.0 Å². The number of carbonyl (C=O) groups excluding carboxylic acids is 1. The quantitative estimate of drug-likeness (QED) is 0.723. The predicted octanol–water partition coefficient (Wildman–Crippen LogP) is 1.57. The maximum Gasteiger partial charge on any atom is 0.316 e. The highest BCUT2D eigenvalue weighted by Gasteiger charge is 2.42. The number of aryl methyl sites for hydroxylation is 1. The van der Waals surface area contributed by atoms with Crippen LogP contribution in [-0.4, -0.2) is 56.0 Å². The van der Waals surface area contributed by atoms with Crippen LogP contribution in [0.1, 0.15) is 18.1 Å². The number of carbonyl (C=O) groups is 1. The zero-order valence-corrected chi connectivity index (χ0v) is 17.4. The number of thioether (sulfide) groups is 1. The van der Waals surface area contributed by atoms with Gasteiger partial charge in [-0.2, -0.15) is 20.2 Å². The van der Waals surface area contributed by atoms with Crippen molar-refractivity contribution in [2.75, 3.05) is 31.6 Å². The summed E-state index contributed by atoms with van der Waals surface area (Å²) in [5.41, 5.74) is 0.734. The average Bonchev–Trinajstić information content (AvgIpc) is 2.63. The molecule has 0 bridgehead atoms. The number of thiocarbonyl (C=S) groups is 1. The lowest BCUT2D eigenvalue weighted by molar-refractivity contribution is -0.131. The molecule has 1 atom stereocenters. The summed E-state index contributed by atoms with van der Waals surface area (Å²) in [5.74, 6) is 1.59. The first-order chi connectivity index (χ1) is 12.3. The molecule has 0 aromatic heterocycles. The molecule has 1 amide bonds. The van der Waals surface area contributed by atoms with E-state index in [4.69, 9.17) is 12.2 Å². The Kier molecular flexibility index (Phi) is 7.16. The minimum Gasteiger partial charge on any atom is -0.365 e. The van der Waals surface area contributed by atoms with Crippen molar-refractivity contribution >= 4 is 51.2 Å². The van der Waals surface area contributed by atoms with Crippen molar-refractivity contribution < 1.29 is 13.2 Å². The molecule has 0 saturated carbocycles. The minimum absolute atomic E-state index is 0.241. The number of amides is 1. The highest BCUT2D eigenvalue weighted by Crippen LogP contribution is 2.34. The molecule has 0 spiro atoms. The molecule has 1 aliphatic heterocycles. The molecule has 1 saturated heterocycles. The van der Waals surface area contributed by atoms with Crippen LogP contribution < -0.4 is 10.6 Å². The first kappa shape index (κ1) is 20.8. The highest BCUT2D eigenvalue weighted by molar-refractivity contribution is 7.99. The van der Waals surface area contributed by atoms with Gasteiger partial charge in [-0.15, -0.1) is 4.36 Å². The molecule has 10 heteroatoms. The number of rotatable bonds is 4. The van der Waals surface area contributed by atoms with Gasteiger partial charge in [-0.3, -0.25) is 9.69 Å². The highest BCUT2D eigenvalue weighted by atomic mass is 32.2. The van der Waals surface area contributed by atoms with Crippen LogP contribution in [-0.2, 0) is 20.8 Å². The SMILES string of the molecule is CNC(=S)NC(=O)C(C)(c1ccc(C)c(N=S(=O)=O)c1)N1CCSCC1. The fourth-order valence-corrected chi connectivity index (χ4v) is 4.20. The van der Waals surface area contributed by atoms with E-state index >= 15 is 0 Å². The summed E-state index contributed by atoms with van der Waals surface area (Å²) in [4.78, 5) is 15.2. The zero-order chi connectivity index (χ0) is 19.3. The summed E-state index contributed by atoms with van der Waals surface area (Å²) >= 11 is 6.93. The summed E-state index contributed by atoms with van der Waals surface area (Å²) in [6, 6.07) is 5.28. The van der Waals surface area contributed by atoms with Gasteiger partial charge in [0.25, 0.3) is 5.91 Å². The number of benzene rings is 1. The molecule has 1 unspecified atom stereocenters. The molecular formula is C16H22N4O3S3. The lowest BCUT2D eigenvalue weighted by Crippen LogP contribution is -2.58. The molecule has 1 fully saturated rings. The van der Waals surface area contributed by atoms with E-state index in [0.717, 1.165) is 30.2 Å². The molecule has 1 aromatic rings. The molecule has 0 aliphatic carbocycles. The zero-order valence-electron chi connectivity index (χ0n) is 14.9. The van der Waals surface area contributed by atoms with Crippen LogP contribution in [0.25, 0.3) is 0 Å². The Morgan fingerprint density at radius 2 is 2.00 bits per heavy atom. The summed E-state index contributed by atoms with van der Waals surface area (Å²) in [7, 11) is -0.918. The Bertz CT molecular complexity index is 827. The fraction of sp³-hybridized carbons (Fsp3) is 0.500. The van der Waals surface area contributed by atoms with Crippen molar-refractivity contribution in [3.05, 3.63) is 29.3 Å². The number of hydrogen-bond acceptors (Lipinski definition) is 7. The van der Waals surface area contributed by atoms with Gasteiger partial charge in [0, 0.05) is 31.6 Å². The van der Waals surface area contributed by atoms with Crippen molar-refractivity contribution in [2.45, 2.75) is 19.4 Å². The third-order valence-corrected chi connectivity index (χ3v) is 6.08. The summed E-state index contributed by atoms with van der Waals surface area (Å²) in [6.45, 7) is 5.10. The summed E-state index contributed by atoms with van der Waals surface area (Å²) in [5, 5.41) is 5.71. The summed E-state index contributed by atoms with van der Waals surface area (Å²) in [6.07, 6.45) is 0. The van der Waals surface area contributed by atoms with Gasteiger partial charge in [0.05, 0.1) is 5.69 Å². The fourth-order valence-electron chi connectivity index (χ4n) is 2.85. The Labute approximate surface area is 164 Å². The Morgan fingerprint density at radius 3 is 2.58 bits per heavy atom. The van der Waals surface area contributed by atoms with Crippen molar-refractivity contribution in [3.63, 3.8) is 0 Å². The monoisotopic (exact) mass is 414 g/mol. The Morgan fingerprint density at radius 1 is 1.35 bits per heavy atom. The van der Waals surface area contributed by atoms with Crippen LogP contribution in [0.5, 0.6) is 0 Å². The smallest absolute Gasteiger partial charge is 0.316 e. The number of nitrogens with zero attached hydrogens (tertiary/aromatic N) is 2. The van der Waals surface area contributed by atoms with E-state index in [0.29, 0.717) is 11.3 Å². The normalized spacial score (nSPS) is 17.0. The molecule has 2 rings (SSSR count). The molecule has 1 heterocycles. The maximum absolute atomic E-state index is 13.1. The van der Waals surface area contributed by atoms with Crippen molar-refractivity contribution in [1.82, 2.24) is 15.5 Å².